The van der Waals surface area contributed by atoms with Crippen LogP contribution in [0.15, 0.2) is 52.4 Å². The van der Waals surface area contributed by atoms with E-state index < -0.39 is 21.4 Å². The van der Waals surface area contributed by atoms with E-state index in [0.717, 1.165) is 36.4 Å². The number of sulfonamides is 1. The van der Waals surface area contributed by atoms with Crippen molar-refractivity contribution >= 4 is 26.6 Å². The minimum Gasteiger partial charge on any atom is -0.313 e. The van der Waals surface area contributed by atoms with E-state index in [2.05, 4.69) is 26.9 Å². The molecule has 9 heteroatoms. The molecule has 0 amide bonds. The number of halogens is 1. The van der Waals surface area contributed by atoms with E-state index in [-0.39, 0.29) is 15.8 Å². The summed E-state index contributed by atoms with van der Waals surface area (Å²) in [5.41, 5.74) is 0.414. The lowest BCUT2D eigenvalue weighted by Crippen LogP contribution is -2.30. The Morgan fingerprint density at radius 1 is 1.26 bits per heavy atom. The van der Waals surface area contributed by atoms with Gasteiger partial charge in [0, 0.05) is 12.6 Å². The molecule has 0 aliphatic heterocycles. The number of fused-ring (bicyclic) bond motifs is 1. The molecule has 1 heterocycles. The number of para-hydroxylation sites is 1. The molecule has 0 unspecified atom stereocenters. The number of rotatable bonds is 8. The van der Waals surface area contributed by atoms with Crippen LogP contribution in [0.4, 0.5) is 10.1 Å². The van der Waals surface area contributed by atoms with Crippen molar-refractivity contribution in [3.05, 3.63) is 64.5 Å². The lowest BCUT2D eigenvalue weighted by atomic mass is 9.81. The number of anilines is 1. The molecule has 0 radical (unpaired) electrons. The average molecular weight is 445 g/mol. The van der Waals surface area contributed by atoms with Crippen molar-refractivity contribution in [1.29, 1.82) is 0 Å². The van der Waals surface area contributed by atoms with Gasteiger partial charge in [0.25, 0.3) is 15.6 Å². The van der Waals surface area contributed by atoms with Gasteiger partial charge in [0.05, 0.1) is 22.3 Å². The molecule has 0 spiro atoms. The predicted octanol–water partition coefficient (Wildman–Crippen LogP) is 3.53. The summed E-state index contributed by atoms with van der Waals surface area (Å²) in [4.78, 5) is 17.8. The molecule has 0 bridgehead atoms. The van der Waals surface area contributed by atoms with Gasteiger partial charge >= 0.3 is 0 Å². The van der Waals surface area contributed by atoms with Crippen LogP contribution in [0.25, 0.3) is 10.9 Å². The van der Waals surface area contributed by atoms with Crippen molar-refractivity contribution in [2.24, 2.45) is 5.92 Å². The van der Waals surface area contributed by atoms with Gasteiger partial charge in [-0.05, 0) is 43.0 Å². The Morgan fingerprint density at radius 3 is 2.77 bits per heavy atom. The molecule has 4 rings (SSSR count). The number of nitrogens with one attached hydrogen (secondary N) is 3. The first-order valence-corrected chi connectivity index (χ1v) is 11.8. The summed E-state index contributed by atoms with van der Waals surface area (Å²) >= 11 is 0. The second-order valence-corrected chi connectivity index (χ2v) is 9.79. The van der Waals surface area contributed by atoms with E-state index in [9.17, 15) is 17.6 Å². The second kappa shape index (κ2) is 8.76. The van der Waals surface area contributed by atoms with Crippen LogP contribution < -0.4 is 15.6 Å². The van der Waals surface area contributed by atoms with Crippen LogP contribution in [0, 0.1) is 11.7 Å². The minimum atomic E-state index is -4.12. The summed E-state index contributed by atoms with van der Waals surface area (Å²) in [6.45, 7) is 2.64. The molecule has 31 heavy (non-hydrogen) atoms. The zero-order valence-electron chi connectivity index (χ0n) is 17.2. The van der Waals surface area contributed by atoms with E-state index in [4.69, 9.17) is 0 Å². The highest BCUT2D eigenvalue weighted by molar-refractivity contribution is 7.92. The Balaban J connectivity index is 1.55. The van der Waals surface area contributed by atoms with E-state index in [1.165, 1.54) is 19.3 Å². The number of hydrogen-bond donors (Lipinski definition) is 3. The minimum absolute atomic E-state index is 0.123. The second-order valence-electron chi connectivity index (χ2n) is 8.11. The fourth-order valence-electron chi connectivity index (χ4n) is 3.84. The van der Waals surface area contributed by atoms with Crippen LogP contribution in [-0.2, 0) is 16.6 Å². The van der Waals surface area contributed by atoms with E-state index in [1.54, 1.807) is 12.1 Å². The summed E-state index contributed by atoms with van der Waals surface area (Å²) < 4.78 is 42.9. The fraction of sp³-hybridized carbons (Fsp3) is 0.364. The molecule has 1 aromatic heterocycles. The van der Waals surface area contributed by atoms with E-state index >= 15 is 0 Å². The number of H-pyrrole nitrogens is 1. The third kappa shape index (κ3) is 4.77. The zero-order valence-corrected chi connectivity index (χ0v) is 18.0. The van der Waals surface area contributed by atoms with Crippen LogP contribution >= 0.6 is 0 Å². The molecule has 3 N–H and O–H groups in total. The molecule has 3 aromatic rings. The standard InChI is InChI=1S/C22H25FN4O3S/c1-14(9-15-5-4-6-15)24-12-16-7-2-3-8-20(16)27-31(29,30)17-10-18-21(19(23)11-17)25-13-26-22(18)28/h2-3,7-8,10-11,13-15,24,27H,4-6,9,12H2,1H3,(H,25,26,28)/t14-/m0/s1. The molecule has 7 nitrogen and oxygen atoms in total. The number of aromatic amines is 1. The van der Waals surface area contributed by atoms with Gasteiger partial charge in [-0.3, -0.25) is 9.52 Å². The number of hydrogen-bond acceptors (Lipinski definition) is 5. The first-order chi connectivity index (χ1) is 14.8. The summed E-state index contributed by atoms with van der Waals surface area (Å²) in [6.07, 6.45) is 6.05. The summed E-state index contributed by atoms with van der Waals surface area (Å²) in [7, 11) is -4.12. The molecule has 1 aliphatic rings. The third-order valence-electron chi connectivity index (χ3n) is 5.80. The van der Waals surface area contributed by atoms with E-state index in [1.807, 2.05) is 12.1 Å². The van der Waals surface area contributed by atoms with Crippen LogP contribution in [-0.4, -0.2) is 24.4 Å². The van der Waals surface area contributed by atoms with Gasteiger partial charge in [-0.1, -0.05) is 37.5 Å². The van der Waals surface area contributed by atoms with Crippen molar-refractivity contribution in [3.8, 4) is 0 Å². The fourth-order valence-corrected chi connectivity index (χ4v) is 4.98. The first kappa shape index (κ1) is 21.5. The number of nitrogens with zero attached hydrogens (tertiary/aromatic N) is 1. The van der Waals surface area contributed by atoms with Crippen molar-refractivity contribution in [1.82, 2.24) is 15.3 Å². The van der Waals surface area contributed by atoms with Crippen LogP contribution in [0.2, 0.25) is 0 Å². The first-order valence-electron chi connectivity index (χ1n) is 10.3. The normalized spacial score (nSPS) is 15.5. The zero-order chi connectivity index (χ0) is 22.0. The lowest BCUT2D eigenvalue weighted by Gasteiger charge is -2.28. The lowest BCUT2D eigenvalue weighted by molar-refractivity contribution is 0.265. The smallest absolute Gasteiger partial charge is 0.262 e. The van der Waals surface area contributed by atoms with Crippen LogP contribution in [0.3, 0.4) is 0 Å². The van der Waals surface area contributed by atoms with Crippen molar-refractivity contribution in [3.63, 3.8) is 0 Å². The Bertz CT molecular complexity index is 1260. The summed E-state index contributed by atoms with van der Waals surface area (Å²) in [5.74, 6) is -0.0968. The Kier molecular flexibility index (Phi) is 6.06. The van der Waals surface area contributed by atoms with Crippen molar-refractivity contribution < 1.29 is 12.8 Å². The maximum atomic E-state index is 14.4. The van der Waals surface area contributed by atoms with E-state index in [0.29, 0.717) is 18.3 Å². The molecule has 1 saturated carbocycles. The molecule has 1 aliphatic carbocycles. The summed E-state index contributed by atoms with van der Waals surface area (Å²) in [5, 5.41) is 3.33. The van der Waals surface area contributed by atoms with Gasteiger partial charge in [0.15, 0.2) is 5.82 Å². The molecule has 1 atom stereocenters. The largest absolute Gasteiger partial charge is 0.313 e. The monoisotopic (exact) mass is 444 g/mol. The highest BCUT2D eigenvalue weighted by Gasteiger charge is 2.21. The predicted molar refractivity (Wildman–Crippen MR) is 118 cm³/mol. The molecule has 164 valence electrons. The average Bonchev–Trinajstić information content (AvgIpc) is 2.70. The van der Waals surface area contributed by atoms with Crippen LogP contribution in [0.1, 0.15) is 38.2 Å². The maximum absolute atomic E-state index is 14.4. The van der Waals surface area contributed by atoms with Crippen molar-refractivity contribution in [2.75, 3.05) is 4.72 Å². The van der Waals surface area contributed by atoms with Crippen LogP contribution in [0.5, 0.6) is 0 Å². The number of benzene rings is 2. The Labute approximate surface area is 180 Å². The maximum Gasteiger partial charge on any atom is 0.262 e. The number of aromatic nitrogens is 2. The summed E-state index contributed by atoms with van der Waals surface area (Å²) in [6, 6.07) is 9.41. The van der Waals surface area contributed by atoms with Crippen molar-refractivity contribution in [2.45, 2.75) is 50.1 Å². The van der Waals surface area contributed by atoms with Gasteiger partial charge in [0.2, 0.25) is 0 Å². The van der Waals surface area contributed by atoms with Gasteiger partial charge < -0.3 is 10.3 Å². The van der Waals surface area contributed by atoms with Gasteiger partial charge in [-0.2, -0.15) is 0 Å². The highest BCUT2D eigenvalue weighted by atomic mass is 32.2. The quantitative estimate of drug-likeness (QED) is 0.493. The van der Waals surface area contributed by atoms with Gasteiger partial charge in [-0.15, -0.1) is 0 Å². The molecule has 1 fully saturated rings. The van der Waals surface area contributed by atoms with Gasteiger partial charge in [-0.25, -0.2) is 17.8 Å². The molecule has 0 saturated heterocycles. The Morgan fingerprint density at radius 2 is 2.03 bits per heavy atom. The molecular formula is C22H25FN4O3S. The molecule has 2 aromatic carbocycles. The molecular weight excluding hydrogens is 419 g/mol. The third-order valence-corrected chi connectivity index (χ3v) is 7.14. The van der Waals surface area contributed by atoms with Gasteiger partial charge in [0.1, 0.15) is 5.52 Å². The SMILES string of the molecule is C[C@@H](CC1CCC1)NCc1ccccc1NS(=O)(=O)c1cc(F)c2nc[nH]c(=O)c2c1. The Hall–Kier alpha value is -2.78. The topological polar surface area (TPSA) is 104 Å². The highest BCUT2D eigenvalue weighted by Crippen LogP contribution is 2.30.